The number of rotatable bonds is 5. The number of aromatic nitrogens is 3. The van der Waals surface area contributed by atoms with Gasteiger partial charge in [-0.05, 0) is 31.0 Å². The van der Waals surface area contributed by atoms with Crippen molar-refractivity contribution >= 4 is 0 Å². The van der Waals surface area contributed by atoms with Gasteiger partial charge >= 0.3 is 0 Å². The second kappa shape index (κ2) is 6.18. The molecule has 1 fully saturated rings. The average Bonchev–Trinajstić information content (AvgIpc) is 3.10. The van der Waals surface area contributed by atoms with Crippen molar-refractivity contribution in [2.45, 2.75) is 50.7 Å². The van der Waals surface area contributed by atoms with Crippen LogP contribution in [0, 0.1) is 0 Å². The summed E-state index contributed by atoms with van der Waals surface area (Å²) >= 11 is 0. The van der Waals surface area contributed by atoms with Crippen LogP contribution in [0.1, 0.15) is 43.1 Å². The lowest BCUT2D eigenvalue weighted by atomic mass is 10.1. The van der Waals surface area contributed by atoms with Gasteiger partial charge in [0.05, 0.1) is 17.8 Å². The minimum absolute atomic E-state index is 0.420. The molecule has 4 heteroatoms. The SMILES string of the molecule is OC(Cc1ccccn1)Cc1ccn(C2CCCC2)n1. The molecule has 20 heavy (non-hydrogen) atoms. The van der Waals surface area contributed by atoms with E-state index in [1.54, 1.807) is 6.20 Å². The minimum Gasteiger partial charge on any atom is -0.392 e. The molecule has 3 rings (SSSR count). The summed E-state index contributed by atoms with van der Waals surface area (Å²) in [6.45, 7) is 0. The maximum absolute atomic E-state index is 10.1. The number of aliphatic hydroxyl groups excluding tert-OH is 1. The minimum atomic E-state index is -0.420. The smallest absolute Gasteiger partial charge is 0.0651 e. The molecule has 0 aliphatic heterocycles. The van der Waals surface area contributed by atoms with E-state index in [4.69, 9.17) is 0 Å². The third-order valence-corrected chi connectivity index (χ3v) is 3.98. The van der Waals surface area contributed by atoms with E-state index >= 15 is 0 Å². The van der Waals surface area contributed by atoms with Crippen molar-refractivity contribution in [1.29, 1.82) is 0 Å². The fourth-order valence-electron chi connectivity index (χ4n) is 2.93. The van der Waals surface area contributed by atoms with Crippen LogP contribution in [-0.4, -0.2) is 26.0 Å². The molecule has 2 heterocycles. The zero-order valence-electron chi connectivity index (χ0n) is 11.7. The Morgan fingerprint density at radius 3 is 2.70 bits per heavy atom. The topological polar surface area (TPSA) is 50.9 Å². The highest BCUT2D eigenvalue weighted by atomic mass is 16.3. The lowest BCUT2D eigenvalue weighted by Crippen LogP contribution is -2.15. The van der Waals surface area contributed by atoms with Gasteiger partial charge in [0.15, 0.2) is 0 Å². The molecular formula is C16H21N3O. The molecule has 0 bridgehead atoms. The molecule has 0 spiro atoms. The van der Waals surface area contributed by atoms with Gasteiger partial charge in [-0.25, -0.2) is 0 Å². The first-order valence-corrected chi connectivity index (χ1v) is 7.43. The van der Waals surface area contributed by atoms with Crippen LogP contribution in [0.5, 0.6) is 0 Å². The van der Waals surface area contributed by atoms with E-state index in [-0.39, 0.29) is 0 Å². The van der Waals surface area contributed by atoms with E-state index < -0.39 is 6.10 Å². The molecule has 2 aromatic rings. The van der Waals surface area contributed by atoms with Crippen LogP contribution in [0.15, 0.2) is 36.7 Å². The van der Waals surface area contributed by atoms with E-state index in [2.05, 4.69) is 21.0 Å². The largest absolute Gasteiger partial charge is 0.392 e. The highest BCUT2D eigenvalue weighted by Gasteiger charge is 2.18. The predicted molar refractivity (Wildman–Crippen MR) is 77.4 cm³/mol. The Morgan fingerprint density at radius 1 is 1.15 bits per heavy atom. The van der Waals surface area contributed by atoms with E-state index in [0.717, 1.165) is 11.4 Å². The molecule has 1 aliphatic rings. The van der Waals surface area contributed by atoms with E-state index in [1.807, 2.05) is 24.3 Å². The Kier molecular flexibility index (Phi) is 4.11. The standard InChI is InChI=1S/C16H21N3O/c20-16(11-13-5-3-4-9-17-13)12-14-8-10-19(18-14)15-6-1-2-7-15/h3-5,8-10,15-16,20H,1-2,6-7,11-12H2. The van der Waals surface area contributed by atoms with Crippen LogP contribution in [-0.2, 0) is 12.8 Å². The quantitative estimate of drug-likeness (QED) is 0.909. The van der Waals surface area contributed by atoms with Crippen molar-refractivity contribution in [2.24, 2.45) is 0 Å². The van der Waals surface area contributed by atoms with Crippen LogP contribution < -0.4 is 0 Å². The zero-order valence-corrected chi connectivity index (χ0v) is 11.7. The second-order valence-electron chi connectivity index (χ2n) is 5.61. The Hall–Kier alpha value is -1.68. The van der Waals surface area contributed by atoms with Gasteiger partial charge in [-0.1, -0.05) is 18.9 Å². The third-order valence-electron chi connectivity index (χ3n) is 3.98. The van der Waals surface area contributed by atoms with Crippen molar-refractivity contribution in [1.82, 2.24) is 14.8 Å². The average molecular weight is 271 g/mol. The molecule has 0 saturated heterocycles. The van der Waals surface area contributed by atoms with Crippen molar-refractivity contribution in [3.63, 3.8) is 0 Å². The van der Waals surface area contributed by atoms with E-state index in [0.29, 0.717) is 18.9 Å². The lowest BCUT2D eigenvalue weighted by molar-refractivity contribution is 0.172. The Bertz CT molecular complexity index is 532. The predicted octanol–water partition coefficient (Wildman–Crippen LogP) is 2.54. The Labute approximate surface area is 119 Å². The van der Waals surface area contributed by atoms with Gasteiger partial charge in [-0.2, -0.15) is 5.10 Å². The lowest BCUT2D eigenvalue weighted by Gasteiger charge is -2.10. The Balaban J connectivity index is 1.57. The summed E-state index contributed by atoms with van der Waals surface area (Å²) in [5.74, 6) is 0. The van der Waals surface area contributed by atoms with Crippen LogP contribution in [0.2, 0.25) is 0 Å². The van der Waals surface area contributed by atoms with Crippen molar-refractivity contribution in [3.05, 3.63) is 48.0 Å². The molecule has 2 aromatic heterocycles. The van der Waals surface area contributed by atoms with Gasteiger partial charge in [-0.15, -0.1) is 0 Å². The van der Waals surface area contributed by atoms with Gasteiger partial charge in [0.2, 0.25) is 0 Å². The number of hydrogen-bond donors (Lipinski definition) is 1. The zero-order chi connectivity index (χ0) is 13.8. The van der Waals surface area contributed by atoms with Crippen molar-refractivity contribution < 1.29 is 5.11 Å². The first-order valence-electron chi connectivity index (χ1n) is 7.43. The number of nitrogens with zero attached hydrogens (tertiary/aromatic N) is 3. The van der Waals surface area contributed by atoms with Gasteiger partial charge in [0.1, 0.15) is 0 Å². The first kappa shape index (κ1) is 13.3. The summed E-state index contributed by atoms with van der Waals surface area (Å²) in [7, 11) is 0. The maximum Gasteiger partial charge on any atom is 0.0651 e. The first-order chi connectivity index (χ1) is 9.81. The number of hydrogen-bond acceptors (Lipinski definition) is 3. The van der Waals surface area contributed by atoms with Crippen LogP contribution in [0.4, 0.5) is 0 Å². The Morgan fingerprint density at radius 2 is 1.95 bits per heavy atom. The van der Waals surface area contributed by atoms with Gasteiger partial charge in [-0.3, -0.25) is 9.67 Å². The maximum atomic E-state index is 10.1. The van der Waals surface area contributed by atoms with Crippen LogP contribution in [0.25, 0.3) is 0 Å². The highest BCUT2D eigenvalue weighted by Crippen LogP contribution is 2.28. The van der Waals surface area contributed by atoms with E-state index in [1.165, 1.54) is 25.7 Å². The number of pyridine rings is 1. The van der Waals surface area contributed by atoms with Crippen molar-refractivity contribution in [3.8, 4) is 0 Å². The van der Waals surface area contributed by atoms with Gasteiger partial charge in [0.25, 0.3) is 0 Å². The molecule has 1 N–H and O–H groups in total. The fourth-order valence-corrected chi connectivity index (χ4v) is 2.93. The molecule has 1 atom stereocenters. The highest BCUT2D eigenvalue weighted by molar-refractivity contribution is 5.07. The van der Waals surface area contributed by atoms with Crippen molar-refractivity contribution in [2.75, 3.05) is 0 Å². The van der Waals surface area contributed by atoms with Crippen LogP contribution in [0.3, 0.4) is 0 Å². The van der Waals surface area contributed by atoms with Crippen LogP contribution >= 0.6 is 0 Å². The monoisotopic (exact) mass is 271 g/mol. The number of aliphatic hydroxyl groups is 1. The summed E-state index contributed by atoms with van der Waals surface area (Å²) in [5, 5.41) is 14.8. The summed E-state index contributed by atoms with van der Waals surface area (Å²) in [4.78, 5) is 4.24. The molecule has 4 nitrogen and oxygen atoms in total. The molecular weight excluding hydrogens is 250 g/mol. The summed E-state index contributed by atoms with van der Waals surface area (Å²) in [5.41, 5.74) is 1.90. The normalized spacial score (nSPS) is 17.4. The second-order valence-corrected chi connectivity index (χ2v) is 5.61. The third kappa shape index (κ3) is 3.25. The molecule has 1 unspecified atom stereocenters. The molecule has 0 aromatic carbocycles. The molecule has 106 valence electrons. The molecule has 1 saturated carbocycles. The molecule has 0 amide bonds. The summed E-state index contributed by atoms with van der Waals surface area (Å²) < 4.78 is 2.08. The van der Waals surface area contributed by atoms with E-state index in [9.17, 15) is 5.11 Å². The summed E-state index contributed by atoms with van der Waals surface area (Å²) in [6.07, 6.45) is 9.65. The summed E-state index contributed by atoms with van der Waals surface area (Å²) in [6, 6.07) is 8.38. The fraction of sp³-hybridized carbons (Fsp3) is 0.500. The van der Waals surface area contributed by atoms with Gasteiger partial charge in [0, 0.05) is 30.9 Å². The molecule has 1 aliphatic carbocycles. The molecule has 0 radical (unpaired) electrons. The van der Waals surface area contributed by atoms with Gasteiger partial charge < -0.3 is 5.11 Å².